The van der Waals surface area contributed by atoms with Gasteiger partial charge in [0.15, 0.2) is 0 Å². The molecule has 0 amide bonds. The molecule has 0 radical (unpaired) electrons. The van der Waals surface area contributed by atoms with Gasteiger partial charge in [-0.2, -0.15) is 0 Å². The maximum absolute atomic E-state index is 6.17. The Morgan fingerprint density at radius 1 is 1.11 bits per heavy atom. The van der Waals surface area contributed by atoms with Crippen LogP contribution in [0.15, 0.2) is 0 Å². The van der Waals surface area contributed by atoms with E-state index in [0.717, 1.165) is 43.4 Å². The van der Waals surface area contributed by atoms with Crippen LogP contribution in [0.2, 0.25) is 0 Å². The molecule has 114 valence electrons. The summed E-state index contributed by atoms with van der Waals surface area (Å²) in [6.07, 6.45) is 5.75. The Hall–Kier alpha value is -0.0800. The summed E-state index contributed by atoms with van der Waals surface area (Å²) in [4.78, 5) is 0. The molecule has 1 saturated carbocycles. The molecule has 0 spiro atoms. The molecule has 1 N–H and O–H groups in total. The first-order valence-electron chi connectivity index (χ1n) is 8.33. The summed E-state index contributed by atoms with van der Waals surface area (Å²) in [5, 5.41) is 3.49. The maximum Gasteiger partial charge on any atom is 0.0608 e. The van der Waals surface area contributed by atoms with Crippen LogP contribution in [0.4, 0.5) is 0 Å². The lowest BCUT2D eigenvalue weighted by Crippen LogP contribution is -2.36. The number of nitrogens with one attached hydrogen (secondary N) is 1. The highest BCUT2D eigenvalue weighted by atomic mass is 16.5. The second-order valence-corrected chi connectivity index (χ2v) is 7.17. The lowest BCUT2D eigenvalue weighted by atomic mass is 9.75. The minimum atomic E-state index is 0.496. The fourth-order valence-electron chi connectivity index (χ4n) is 3.10. The number of hydrogen-bond acceptors (Lipinski definition) is 2. The summed E-state index contributed by atoms with van der Waals surface area (Å²) >= 11 is 0. The molecular weight excluding hydrogens is 234 g/mol. The van der Waals surface area contributed by atoms with Crippen molar-refractivity contribution >= 4 is 0 Å². The van der Waals surface area contributed by atoms with Crippen LogP contribution in [0.1, 0.15) is 60.3 Å². The summed E-state index contributed by atoms with van der Waals surface area (Å²) in [7, 11) is 0. The number of rotatable bonds is 8. The standard InChI is InChI=1S/C17H35NO/c1-13(2)8-9-18-10-11-19-17-12-15(5)6-7-16(17)14(3)4/h13-18H,6-12H2,1-5H3. The van der Waals surface area contributed by atoms with E-state index in [1.807, 2.05) is 0 Å². The highest BCUT2D eigenvalue weighted by molar-refractivity contribution is 4.81. The van der Waals surface area contributed by atoms with Crippen LogP contribution in [-0.2, 0) is 4.74 Å². The fraction of sp³-hybridized carbons (Fsp3) is 1.00. The summed E-state index contributed by atoms with van der Waals surface area (Å²) in [6, 6.07) is 0. The monoisotopic (exact) mass is 269 g/mol. The molecule has 0 aromatic carbocycles. The molecule has 0 aromatic heterocycles. The van der Waals surface area contributed by atoms with Crippen molar-refractivity contribution in [3.05, 3.63) is 0 Å². The summed E-state index contributed by atoms with van der Waals surface area (Å²) in [5.74, 6) is 3.16. The van der Waals surface area contributed by atoms with Gasteiger partial charge in [0, 0.05) is 6.54 Å². The van der Waals surface area contributed by atoms with Crippen LogP contribution in [-0.4, -0.2) is 25.8 Å². The topological polar surface area (TPSA) is 21.3 Å². The zero-order chi connectivity index (χ0) is 14.3. The minimum absolute atomic E-state index is 0.496. The Kier molecular flexibility index (Phi) is 8.01. The minimum Gasteiger partial charge on any atom is -0.377 e. The zero-order valence-corrected chi connectivity index (χ0v) is 13.7. The van der Waals surface area contributed by atoms with Crippen molar-refractivity contribution in [3.8, 4) is 0 Å². The highest BCUT2D eigenvalue weighted by Gasteiger charge is 2.31. The van der Waals surface area contributed by atoms with Crippen LogP contribution in [0.3, 0.4) is 0 Å². The van der Waals surface area contributed by atoms with E-state index in [-0.39, 0.29) is 0 Å². The van der Waals surface area contributed by atoms with Gasteiger partial charge in [-0.15, -0.1) is 0 Å². The van der Waals surface area contributed by atoms with E-state index in [1.54, 1.807) is 0 Å². The molecule has 2 nitrogen and oxygen atoms in total. The normalized spacial score (nSPS) is 28.3. The van der Waals surface area contributed by atoms with E-state index >= 15 is 0 Å². The predicted molar refractivity (Wildman–Crippen MR) is 83.4 cm³/mol. The fourth-order valence-corrected chi connectivity index (χ4v) is 3.10. The second-order valence-electron chi connectivity index (χ2n) is 7.17. The molecule has 2 heteroatoms. The molecule has 3 unspecified atom stereocenters. The third-order valence-electron chi connectivity index (χ3n) is 4.47. The van der Waals surface area contributed by atoms with Gasteiger partial charge >= 0.3 is 0 Å². The zero-order valence-electron chi connectivity index (χ0n) is 13.7. The van der Waals surface area contributed by atoms with E-state index in [2.05, 4.69) is 39.9 Å². The second kappa shape index (κ2) is 8.97. The van der Waals surface area contributed by atoms with Crippen LogP contribution in [0, 0.1) is 23.7 Å². The molecule has 19 heavy (non-hydrogen) atoms. The smallest absolute Gasteiger partial charge is 0.0608 e. The van der Waals surface area contributed by atoms with Gasteiger partial charge in [-0.05, 0) is 49.5 Å². The molecule has 0 aliphatic heterocycles. The van der Waals surface area contributed by atoms with E-state index in [9.17, 15) is 0 Å². The highest BCUT2D eigenvalue weighted by Crippen LogP contribution is 2.35. The van der Waals surface area contributed by atoms with E-state index in [0.29, 0.717) is 6.10 Å². The molecule has 1 fully saturated rings. The van der Waals surface area contributed by atoms with Crippen LogP contribution >= 0.6 is 0 Å². The van der Waals surface area contributed by atoms with E-state index < -0.39 is 0 Å². The third kappa shape index (κ3) is 6.76. The van der Waals surface area contributed by atoms with E-state index in [4.69, 9.17) is 4.74 Å². The van der Waals surface area contributed by atoms with Gasteiger partial charge in [0.05, 0.1) is 12.7 Å². The average molecular weight is 269 g/mol. The van der Waals surface area contributed by atoms with Crippen molar-refractivity contribution in [2.75, 3.05) is 19.7 Å². The molecule has 0 heterocycles. The summed E-state index contributed by atoms with van der Waals surface area (Å²) in [5.41, 5.74) is 0. The molecule has 1 aliphatic rings. The lowest BCUT2D eigenvalue weighted by molar-refractivity contribution is -0.0367. The summed E-state index contributed by atoms with van der Waals surface area (Å²) in [6.45, 7) is 14.6. The molecule has 1 aliphatic carbocycles. The van der Waals surface area contributed by atoms with Crippen LogP contribution in [0.5, 0.6) is 0 Å². The Labute approximate surface area is 120 Å². The molecule has 0 aromatic rings. The Morgan fingerprint density at radius 3 is 2.47 bits per heavy atom. The van der Waals surface area contributed by atoms with Gasteiger partial charge in [0.2, 0.25) is 0 Å². The van der Waals surface area contributed by atoms with E-state index in [1.165, 1.54) is 25.7 Å². The van der Waals surface area contributed by atoms with Crippen molar-refractivity contribution in [1.82, 2.24) is 5.32 Å². The van der Waals surface area contributed by atoms with Gasteiger partial charge in [0.25, 0.3) is 0 Å². The van der Waals surface area contributed by atoms with Crippen molar-refractivity contribution in [2.45, 2.75) is 66.4 Å². The van der Waals surface area contributed by atoms with Gasteiger partial charge in [-0.25, -0.2) is 0 Å². The van der Waals surface area contributed by atoms with Crippen molar-refractivity contribution in [1.29, 1.82) is 0 Å². The maximum atomic E-state index is 6.17. The van der Waals surface area contributed by atoms with Crippen molar-refractivity contribution < 1.29 is 4.74 Å². The Balaban J connectivity index is 2.17. The Bertz CT molecular complexity index is 227. The largest absolute Gasteiger partial charge is 0.377 e. The molecule has 0 bridgehead atoms. The molecule has 3 atom stereocenters. The average Bonchev–Trinajstić information content (AvgIpc) is 2.33. The lowest BCUT2D eigenvalue weighted by Gasteiger charge is -2.37. The van der Waals surface area contributed by atoms with Crippen molar-refractivity contribution in [3.63, 3.8) is 0 Å². The SMILES string of the molecule is CC(C)CCNCCOC1CC(C)CCC1C(C)C. The van der Waals surface area contributed by atoms with Gasteiger partial charge < -0.3 is 10.1 Å². The Morgan fingerprint density at radius 2 is 1.84 bits per heavy atom. The molecular formula is C17H35NO. The summed E-state index contributed by atoms with van der Waals surface area (Å²) < 4.78 is 6.17. The number of ether oxygens (including phenoxy) is 1. The first-order valence-corrected chi connectivity index (χ1v) is 8.33. The van der Waals surface area contributed by atoms with Gasteiger partial charge in [0.1, 0.15) is 0 Å². The van der Waals surface area contributed by atoms with Gasteiger partial charge in [-0.1, -0.05) is 41.0 Å². The van der Waals surface area contributed by atoms with Gasteiger partial charge in [-0.3, -0.25) is 0 Å². The number of hydrogen-bond donors (Lipinski definition) is 1. The van der Waals surface area contributed by atoms with Crippen molar-refractivity contribution in [2.24, 2.45) is 23.7 Å². The first kappa shape index (κ1) is 17.0. The quantitative estimate of drug-likeness (QED) is 0.670. The van der Waals surface area contributed by atoms with Crippen LogP contribution < -0.4 is 5.32 Å². The molecule has 0 saturated heterocycles. The molecule has 1 rings (SSSR count). The first-order chi connectivity index (χ1) is 9.00. The third-order valence-corrected chi connectivity index (χ3v) is 4.47. The van der Waals surface area contributed by atoms with Crippen LogP contribution in [0.25, 0.3) is 0 Å². The predicted octanol–water partition coefficient (Wildman–Crippen LogP) is 4.10.